The number of hydrogen-bond donors (Lipinski definition) is 1. The summed E-state index contributed by atoms with van der Waals surface area (Å²) in [5, 5.41) is 8.70. The normalized spacial score (nSPS) is 10.2. The summed E-state index contributed by atoms with van der Waals surface area (Å²) in [5.74, 6) is -0.481. The molecule has 0 spiro atoms. The van der Waals surface area contributed by atoms with E-state index < -0.39 is 5.95 Å². The summed E-state index contributed by atoms with van der Waals surface area (Å²) in [7, 11) is 1.83. The maximum atomic E-state index is 12.6. The van der Waals surface area contributed by atoms with Gasteiger partial charge in [0.1, 0.15) is 0 Å². The van der Waals surface area contributed by atoms with Gasteiger partial charge in [0.2, 0.25) is 5.95 Å². The summed E-state index contributed by atoms with van der Waals surface area (Å²) >= 11 is 2.04. The van der Waals surface area contributed by atoms with E-state index in [1.165, 1.54) is 12.3 Å². The number of likely N-dealkylation sites (N-methyl/N-ethyl adjacent to an activating group) is 1. The van der Waals surface area contributed by atoms with Crippen molar-refractivity contribution >= 4 is 28.3 Å². The van der Waals surface area contributed by atoms with Crippen LogP contribution in [0.5, 0.6) is 0 Å². The van der Waals surface area contributed by atoms with Gasteiger partial charge in [-0.2, -0.15) is 4.39 Å². The minimum Gasteiger partial charge on any atom is -0.395 e. The van der Waals surface area contributed by atoms with Gasteiger partial charge >= 0.3 is 0 Å². The van der Waals surface area contributed by atoms with Crippen LogP contribution >= 0.6 is 22.6 Å². The van der Waals surface area contributed by atoms with Crippen molar-refractivity contribution in [2.24, 2.45) is 0 Å². The molecular formula is C8H10FIN2O. The Morgan fingerprint density at radius 1 is 1.69 bits per heavy atom. The summed E-state index contributed by atoms with van der Waals surface area (Å²) < 4.78 is 13.4. The van der Waals surface area contributed by atoms with E-state index in [1.807, 2.05) is 34.5 Å². The van der Waals surface area contributed by atoms with Crippen LogP contribution in [0.25, 0.3) is 0 Å². The molecule has 0 saturated carbocycles. The molecule has 0 aromatic carbocycles. The van der Waals surface area contributed by atoms with E-state index in [0.717, 1.165) is 9.26 Å². The molecule has 3 nitrogen and oxygen atoms in total. The van der Waals surface area contributed by atoms with Crippen LogP contribution in [0.15, 0.2) is 12.3 Å². The molecule has 0 radical (unpaired) electrons. The van der Waals surface area contributed by atoms with Gasteiger partial charge in [0.05, 0.1) is 18.5 Å². The van der Waals surface area contributed by atoms with Crippen LogP contribution in [0.4, 0.5) is 10.1 Å². The number of nitrogens with zero attached hydrogens (tertiary/aromatic N) is 2. The Bertz CT molecular complexity index is 295. The van der Waals surface area contributed by atoms with Crippen LogP contribution in [-0.4, -0.2) is 30.3 Å². The van der Waals surface area contributed by atoms with Gasteiger partial charge in [-0.25, -0.2) is 4.98 Å². The summed E-state index contributed by atoms with van der Waals surface area (Å²) in [4.78, 5) is 5.38. The molecule has 0 saturated heterocycles. The molecule has 0 aliphatic carbocycles. The summed E-state index contributed by atoms with van der Waals surface area (Å²) in [6.07, 6.45) is 1.47. The van der Waals surface area contributed by atoms with Gasteiger partial charge in [-0.1, -0.05) is 0 Å². The van der Waals surface area contributed by atoms with Crippen LogP contribution < -0.4 is 4.90 Å². The fourth-order valence-corrected chi connectivity index (χ4v) is 1.76. The van der Waals surface area contributed by atoms with Crippen molar-refractivity contribution in [1.29, 1.82) is 0 Å². The molecule has 5 heteroatoms. The fraction of sp³-hybridized carbons (Fsp3) is 0.375. The standard InChI is InChI=1S/C8H10FIN2O/c1-12(2-3-13)7-5-11-8(9)4-6(7)10/h4-5,13H,2-3H2,1H3. The minimum absolute atomic E-state index is 0.0734. The van der Waals surface area contributed by atoms with Crippen LogP contribution in [0.2, 0.25) is 0 Å². The van der Waals surface area contributed by atoms with Gasteiger partial charge in [0.25, 0.3) is 0 Å². The predicted octanol–water partition coefficient (Wildman–Crippen LogP) is 1.25. The third-order valence-electron chi connectivity index (χ3n) is 1.65. The van der Waals surface area contributed by atoms with E-state index in [9.17, 15) is 4.39 Å². The first-order chi connectivity index (χ1) is 6.15. The molecule has 1 rings (SSSR count). The zero-order chi connectivity index (χ0) is 9.84. The lowest BCUT2D eigenvalue weighted by Gasteiger charge is -2.18. The zero-order valence-corrected chi connectivity index (χ0v) is 9.32. The van der Waals surface area contributed by atoms with Crippen molar-refractivity contribution < 1.29 is 9.50 Å². The molecule has 0 amide bonds. The number of anilines is 1. The molecule has 0 bridgehead atoms. The average Bonchev–Trinajstić information content (AvgIpc) is 2.04. The molecule has 1 aromatic heterocycles. The van der Waals surface area contributed by atoms with E-state index in [1.54, 1.807) is 0 Å². The molecule has 1 heterocycles. The number of hydrogen-bond acceptors (Lipinski definition) is 3. The van der Waals surface area contributed by atoms with Crippen molar-refractivity contribution in [2.75, 3.05) is 25.1 Å². The lowest BCUT2D eigenvalue weighted by Crippen LogP contribution is -2.22. The zero-order valence-electron chi connectivity index (χ0n) is 7.17. The van der Waals surface area contributed by atoms with Crippen molar-refractivity contribution in [3.05, 3.63) is 21.8 Å². The van der Waals surface area contributed by atoms with Gasteiger partial charge in [-0.15, -0.1) is 0 Å². The largest absolute Gasteiger partial charge is 0.395 e. The van der Waals surface area contributed by atoms with E-state index >= 15 is 0 Å². The van der Waals surface area contributed by atoms with Crippen molar-refractivity contribution in [3.8, 4) is 0 Å². The van der Waals surface area contributed by atoms with E-state index in [2.05, 4.69) is 4.98 Å². The Morgan fingerprint density at radius 2 is 2.38 bits per heavy atom. The Labute approximate surface area is 89.7 Å². The second-order valence-electron chi connectivity index (χ2n) is 2.60. The van der Waals surface area contributed by atoms with Gasteiger partial charge in [-0.3, -0.25) is 0 Å². The minimum atomic E-state index is -0.481. The first-order valence-corrected chi connectivity index (χ1v) is 4.86. The highest BCUT2D eigenvalue weighted by atomic mass is 127. The monoisotopic (exact) mass is 296 g/mol. The molecule has 72 valence electrons. The highest BCUT2D eigenvalue weighted by molar-refractivity contribution is 14.1. The second-order valence-corrected chi connectivity index (χ2v) is 3.77. The Hall–Kier alpha value is -0.430. The molecule has 0 unspecified atom stereocenters. The van der Waals surface area contributed by atoms with Gasteiger partial charge in [0.15, 0.2) is 0 Å². The quantitative estimate of drug-likeness (QED) is 0.674. The third-order valence-corrected chi connectivity index (χ3v) is 2.51. The average molecular weight is 296 g/mol. The molecule has 0 aliphatic rings. The molecule has 1 N–H and O–H groups in total. The van der Waals surface area contributed by atoms with Crippen LogP contribution in [0, 0.1) is 9.52 Å². The Balaban J connectivity index is 2.88. The summed E-state index contributed by atoms with van der Waals surface area (Å²) in [6, 6.07) is 1.36. The predicted molar refractivity (Wildman–Crippen MR) is 57.3 cm³/mol. The van der Waals surface area contributed by atoms with Crippen LogP contribution in [-0.2, 0) is 0 Å². The number of rotatable bonds is 3. The lowest BCUT2D eigenvalue weighted by molar-refractivity contribution is 0.304. The third kappa shape index (κ3) is 2.77. The van der Waals surface area contributed by atoms with Crippen molar-refractivity contribution in [3.63, 3.8) is 0 Å². The molecule has 0 aliphatic heterocycles. The first kappa shape index (κ1) is 10.6. The highest BCUT2D eigenvalue weighted by Gasteiger charge is 2.06. The van der Waals surface area contributed by atoms with Gasteiger partial charge < -0.3 is 10.0 Å². The lowest BCUT2D eigenvalue weighted by atomic mass is 10.4. The molecule has 0 atom stereocenters. The van der Waals surface area contributed by atoms with E-state index in [0.29, 0.717) is 6.54 Å². The molecular weight excluding hydrogens is 286 g/mol. The highest BCUT2D eigenvalue weighted by Crippen LogP contribution is 2.20. The van der Waals surface area contributed by atoms with E-state index in [4.69, 9.17) is 5.11 Å². The second kappa shape index (κ2) is 4.71. The van der Waals surface area contributed by atoms with Crippen LogP contribution in [0.1, 0.15) is 0 Å². The molecule has 1 aromatic rings. The number of pyridine rings is 1. The Morgan fingerprint density at radius 3 is 2.92 bits per heavy atom. The van der Waals surface area contributed by atoms with Crippen molar-refractivity contribution in [1.82, 2.24) is 4.98 Å². The topological polar surface area (TPSA) is 36.4 Å². The summed E-state index contributed by atoms with van der Waals surface area (Å²) in [6.45, 7) is 0.591. The van der Waals surface area contributed by atoms with Gasteiger partial charge in [-0.05, 0) is 22.6 Å². The fourth-order valence-electron chi connectivity index (χ4n) is 0.952. The maximum Gasteiger partial charge on any atom is 0.214 e. The number of halogens is 2. The van der Waals surface area contributed by atoms with Crippen LogP contribution in [0.3, 0.4) is 0 Å². The number of aliphatic hydroxyl groups is 1. The number of aliphatic hydroxyl groups excluding tert-OH is 1. The van der Waals surface area contributed by atoms with Gasteiger partial charge in [0, 0.05) is 23.2 Å². The molecule has 13 heavy (non-hydrogen) atoms. The van der Waals surface area contributed by atoms with Crippen molar-refractivity contribution in [2.45, 2.75) is 0 Å². The smallest absolute Gasteiger partial charge is 0.214 e. The number of aromatic nitrogens is 1. The van der Waals surface area contributed by atoms with E-state index in [-0.39, 0.29) is 6.61 Å². The Kier molecular flexibility index (Phi) is 3.86. The molecule has 0 fully saturated rings. The SMILES string of the molecule is CN(CCO)c1cnc(F)cc1I. The first-order valence-electron chi connectivity index (χ1n) is 3.78. The maximum absolute atomic E-state index is 12.6. The summed E-state index contributed by atoms with van der Waals surface area (Å²) in [5.41, 5.74) is 0.830.